The minimum atomic E-state index is -0.400. The van der Waals surface area contributed by atoms with Gasteiger partial charge in [0, 0.05) is 23.1 Å². The second-order valence-corrected chi connectivity index (χ2v) is 9.93. The summed E-state index contributed by atoms with van der Waals surface area (Å²) < 4.78 is 27.3. The number of non-ortho nitro benzene ring substituents is 1. The van der Waals surface area contributed by atoms with Gasteiger partial charge in [0.2, 0.25) is 0 Å². The van der Waals surface area contributed by atoms with Gasteiger partial charge >= 0.3 is 0 Å². The van der Waals surface area contributed by atoms with Crippen molar-refractivity contribution in [2.75, 3.05) is 0 Å². The molecule has 6 rings (SSSR count). The molecule has 0 radical (unpaired) electrons. The monoisotopic (exact) mass is 513 g/mol. The van der Waals surface area contributed by atoms with Crippen LogP contribution in [0, 0.1) is 21.7 Å². The van der Waals surface area contributed by atoms with Crippen LogP contribution < -0.4 is 0 Å². The van der Waals surface area contributed by atoms with E-state index in [4.69, 9.17) is 4.99 Å². The molecule has 0 unspecified atom stereocenters. The molecule has 0 saturated heterocycles. The van der Waals surface area contributed by atoms with Gasteiger partial charge in [0.1, 0.15) is 11.6 Å². The van der Waals surface area contributed by atoms with E-state index in [1.165, 1.54) is 42.1 Å². The van der Waals surface area contributed by atoms with E-state index in [2.05, 4.69) is 11.0 Å². The highest BCUT2D eigenvalue weighted by atomic mass is 32.2. The first-order valence-electron chi connectivity index (χ1n) is 11.9. The quantitative estimate of drug-likeness (QED) is 0.263. The van der Waals surface area contributed by atoms with Gasteiger partial charge in [-0.2, -0.15) is 0 Å². The molecule has 0 saturated carbocycles. The van der Waals surface area contributed by atoms with Crippen LogP contribution in [0.2, 0.25) is 0 Å². The highest BCUT2D eigenvalue weighted by Gasteiger charge is 2.40. The largest absolute Gasteiger partial charge is 0.308 e. The summed E-state index contributed by atoms with van der Waals surface area (Å²) in [5, 5.41) is 14.2. The third kappa shape index (κ3) is 4.38. The Labute approximate surface area is 216 Å². The topological polar surface area (TPSA) is 58.7 Å². The van der Waals surface area contributed by atoms with Crippen LogP contribution in [-0.2, 0) is 0 Å². The molecular formula is C29H21F2N3O2S. The molecule has 0 aromatic heterocycles. The Balaban J connectivity index is 1.48. The molecule has 0 N–H and O–H groups in total. The number of nitro benzene ring substituents is 1. The van der Waals surface area contributed by atoms with Gasteiger partial charge in [-0.25, -0.2) is 13.8 Å². The molecule has 2 aliphatic heterocycles. The molecule has 3 aliphatic rings. The van der Waals surface area contributed by atoms with Crippen molar-refractivity contribution in [3.8, 4) is 0 Å². The lowest BCUT2D eigenvalue weighted by Crippen LogP contribution is -2.34. The van der Waals surface area contributed by atoms with Gasteiger partial charge in [-0.05, 0) is 71.9 Å². The van der Waals surface area contributed by atoms with E-state index >= 15 is 0 Å². The van der Waals surface area contributed by atoms with Crippen LogP contribution in [0.3, 0.4) is 0 Å². The summed E-state index contributed by atoms with van der Waals surface area (Å²) in [4.78, 5) is 18.2. The second kappa shape index (κ2) is 9.44. The highest BCUT2D eigenvalue weighted by Crippen LogP contribution is 2.51. The molecule has 37 heavy (non-hydrogen) atoms. The van der Waals surface area contributed by atoms with E-state index in [0.29, 0.717) is 0 Å². The molecule has 1 aliphatic carbocycles. The molecule has 5 nitrogen and oxygen atoms in total. The molecule has 0 bridgehead atoms. The van der Waals surface area contributed by atoms with Crippen LogP contribution in [0.4, 0.5) is 14.5 Å². The first kappa shape index (κ1) is 23.4. The van der Waals surface area contributed by atoms with Crippen molar-refractivity contribution in [1.29, 1.82) is 0 Å². The number of rotatable bonds is 4. The first-order valence-corrected chi connectivity index (χ1v) is 12.8. The van der Waals surface area contributed by atoms with Crippen molar-refractivity contribution >= 4 is 34.4 Å². The van der Waals surface area contributed by atoms with E-state index < -0.39 is 4.92 Å². The fourth-order valence-electron chi connectivity index (χ4n) is 5.11. The number of allylic oxidation sites excluding steroid dienone is 1. The maximum Gasteiger partial charge on any atom is 0.270 e. The lowest BCUT2D eigenvalue weighted by atomic mass is 9.82. The summed E-state index contributed by atoms with van der Waals surface area (Å²) in [5.74, 6) is -0.592. The predicted molar refractivity (Wildman–Crippen MR) is 142 cm³/mol. The maximum absolute atomic E-state index is 13.9. The number of halogens is 2. The lowest BCUT2D eigenvalue weighted by molar-refractivity contribution is -0.384. The molecule has 3 aromatic carbocycles. The number of fused-ring (bicyclic) bond motifs is 1. The number of amidine groups is 1. The summed E-state index contributed by atoms with van der Waals surface area (Å²) >= 11 is 1.47. The number of thioether (sulfide) groups is 1. The minimum Gasteiger partial charge on any atom is -0.308 e. The van der Waals surface area contributed by atoms with Gasteiger partial charge in [-0.3, -0.25) is 10.1 Å². The Hall–Kier alpha value is -4.04. The normalized spacial score (nSPS) is 19.9. The van der Waals surface area contributed by atoms with Gasteiger partial charge in [-0.15, -0.1) is 0 Å². The number of nitro groups is 1. The number of hydrogen-bond acceptors (Lipinski definition) is 5. The fourth-order valence-corrected chi connectivity index (χ4v) is 6.04. The zero-order chi connectivity index (χ0) is 25.5. The molecule has 8 heteroatoms. The minimum absolute atomic E-state index is 0.0196. The zero-order valence-electron chi connectivity index (χ0n) is 19.6. The predicted octanol–water partition coefficient (Wildman–Crippen LogP) is 7.85. The molecular weight excluding hydrogens is 492 g/mol. The summed E-state index contributed by atoms with van der Waals surface area (Å²) in [5.41, 5.74) is 6.50. The van der Waals surface area contributed by atoms with Crippen LogP contribution in [0.15, 0.2) is 100 Å². The standard InChI is InChI=1S/C29H21F2N3O2S/c30-22-11-7-18(8-12-22)15-21-4-2-6-25-27(21)32-29-33(28(25)19-9-13-23(31)14-10-19)26(17-37-29)20-3-1-5-24(16-20)34(35)36/h1,3,5,7-17,28H,2,4,6H2/b21-15+/t28-/m0/s1. The van der Waals surface area contributed by atoms with Crippen molar-refractivity contribution in [2.45, 2.75) is 25.3 Å². The summed E-state index contributed by atoms with van der Waals surface area (Å²) in [7, 11) is 0. The SMILES string of the molecule is O=[N+]([O-])c1cccc(C2=CSC3=NC4=C(CCC/C4=C\c4ccc(F)cc4)[C@H](c4ccc(F)cc4)N23)c1. The Kier molecular flexibility index (Phi) is 5.96. The number of aliphatic imine (C=N–C) groups is 1. The number of nitrogens with zero attached hydrogens (tertiary/aromatic N) is 3. The third-order valence-electron chi connectivity index (χ3n) is 6.79. The highest BCUT2D eigenvalue weighted by molar-refractivity contribution is 8.16. The van der Waals surface area contributed by atoms with Crippen molar-refractivity contribution in [2.24, 2.45) is 4.99 Å². The van der Waals surface area contributed by atoms with E-state index in [1.807, 2.05) is 11.5 Å². The molecule has 0 fully saturated rings. The van der Waals surface area contributed by atoms with Crippen LogP contribution in [0.25, 0.3) is 11.8 Å². The molecule has 0 amide bonds. The fraction of sp³-hybridized carbons (Fsp3) is 0.138. The number of hydrogen-bond donors (Lipinski definition) is 0. The van der Waals surface area contributed by atoms with Crippen LogP contribution >= 0.6 is 11.8 Å². The molecule has 2 heterocycles. The van der Waals surface area contributed by atoms with Crippen molar-refractivity contribution in [1.82, 2.24) is 4.90 Å². The van der Waals surface area contributed by atoms with Crippen molar-refractivity contribution in [3.05, 3.63) is 133 Å². The first-order chi connectivity index (χ1) is 18.0. The van der Waals surface area contributed by atoms with Crippen molar-refractivity contribution in [3.63, 3.8) is 0 Å². The van der Waals surface area contributed by atoms with E-state index in [9.17, 15) is 18.9 Å². The Morgan fingerprint density at radius 1 is 1.00 bits per heavy atom. The van der Waals surface area contributed by atoms with Crippen LogP contribution in [0.1, 0.15) is 42.0 Å². The van der Waals surface area contributed by atoms with Crippen LogP contribution in [-0.4, -0.2) is 15.0 Å². The molecule has 0 spiro atoms. The van der Waals surface area contributed by atoms with Gasteiger partial charge in [0.05, 0.1) is 22.4 Å². The Morgan fingerprint density at radius 3 is 2.46 bits per heavy atom. The Bertz CT molecular complexity index is 1530. The molecule has 3 aromatic rings. The van der Waals surface area contributed by atoms with Crippen LogP contribution in [0.5, 0.6) is 0 Å². The third-order valence-corrected chi connectivity index (χ3v) is 7.63. The zero-order valence-corrected chi connectivity index (χ0v) is 20.4. The second-order valence-electron chi connectivity index (χ2n) is 9.10. The molecule has 1 atom stereocenters. The van der Waals surface area contributed by atoms with E-state index in [1.54, 1.807) is 36.4 Å². The van der Waals surface area contributed by atoms with E-state index in [-0.39, 0.29) is 23.4 Å². The summed E-state index contributed by atoms with van der Waals surface area (Å²) in [6.07, 6.45) is 4.65. The average Bonchev–Trinajstić information content (AvgIpc) is 3.33. The van der Waals surface area contributed by atoms with Gasteiger partial charge in [0.25, 0.3) is 5.69 Å². The lowest BCUT2D eigenvalue weighted by Gasteiger charge is -2.40. The maximum atomic E-state index is 13.9. The van der Waals surface area contributed by atoms with Gasteiger partial charge < -0.3 is 4.90 Å². The smallest absolute Gasteiger partial charge is 0.270 e. The Morgan fingerprint density at radius 2 is 1.73 bits per heavy atom. The van der Waals surface area contributed by atoms with Crippen molar-refractivity contribution < 1.29 is 13.7 Å². The average molecular weight is 514 g/mol. The summed E-state index contributed by atoms with van der Waals surface area (Å²) in [6, 6.07) is 19.2. The van der Waals surface area contributed by atoms with Gasteiger partial charge in [-0.1, -0.05) is 48.2 Å². The number of benzene rings is 3. The summed E-state index contributed by atoms with van der Waals surface area (Å²) in [6.45, 7) is 0. The molecule has 184 valence electrons. The van der Waals surface area contributed by atoms with E-state index in [0.717, 1.165) is 63.7 Å². The van der Waals surface area contributed by atoms with Gasteiger partial charge in [0.15, 0.2) is 5.17 Å².